The normalized spacial score (nSPS) is 13.2. The number of benzene rings is 8. The van der Waals surface area contributed by atoms with E-state index in [1.54, 1.807) is 0 Å². The van der Waals surface area contributed by atoms with Crippen molar-refractivity contribution in [3.8, 4) is 73.0 Å². The lowest BCUT2D eigenvalue weighted by Crippen LogP contribution is -2.09. The number of nitrogens with zero attached hydrogens (tertiary/aromatic N) is 2. The summed E-state index contributed by atoms with van der Waals surface area (Å²) >= 11 is 0. The molecule has 1 N–H and O–H groups in total. The van der Waals surface area contributed by atoms with Gasteiger partial charge >= 0.3 is 0 Å². The van der Waals surface area contributed by atoms with Crippen LogP contribution in [0.2, 0.25) is 0 Å². The molecule has 1 aromatic heterocycles. The molecule has 0 saturated carbocycles. The maximum atomic E-state index is 6.32. The number of ether oxygens (including phenoxy) is 1. The molecular weight excluding hydrogens is 671 g/mol. The molecule has 2 heterocycles. The lowest BCUT2D eigenvalue weighted by atomic mass is 9.88. The van der Waals surface area contributed by atoms with Crippen LogP contribution in [0.4, 0.5) is 5.69 Å². The predicted octanol–water partition coefficient (Wildman–Crippen LogP) is 13.1. The topological polar surface area (TPSA) is 47.0 Å². The molecule has 4 nitrogen and oxygen atoms in total. The van der Waals surface area contributed by atoms with E-state index in [-0.39, 0.29) is 6.23 Å². The highest BCUT2D eigenvalue weighted by Gasteiger charge is 2.23. The van der Waals surface area contributed by atoms with Gasteiger partial charge in [0.2, 0.25) is 0 Å². The molecule has 0 fully saturated rings. The van der Waals surface area contributed by atoms with Gasteiger partial charge in [0, 0.05) is 22.3 Å². The maximum Gasteiger partial charge on any atom is 0.196 e. The molecule has 0 spiro atoms. The van der Waals surface area contributed by atoms with E-state index in [0.717, 1.165) is 67.3 Å². The number of aromatic nitrogens is 2. The molecule has 1 unspecified atom stereocenters. The van der Waals surface area contributed by atoms with Gasteiger partial charge in [0.1, 0.15) is 5.75 Å². The minimum atomic E-state index is -0.186. The monoisotopic (exact) mass is 705 g/mol. The molecule has 0 amide bonds. The van der Waals surface area contributed by atoms with E-state index in [1.165, 1.54) is 21.9 Å². The molecule has 0 aliphatic carbocycles. The molecule has 1 atom stereocenters. The highest BCUT2D eigenvalue weighted by molar-refractivity contribution is 6.04. The van der Waals surface area contributed by atoms with Crippen LogP contribution < -0.4 is 10.1 Å². The first-order chi connectivity index (χ1) is 27.2. The van der Waals surface area contributed by atoms with E-state index in [2.05, 4.69) is 151 Å². The molecule has 1 aliphatic heterocycles. The minimum absolute atomic E-state index is 0.186. The van der Waals surface area contributed by atoms with Gasteiger partial charge in [-0.25, -0.2) is 9.97 Å². The zero-order chi connectivity index (χ0) is 36.6. The Balaban J connectivity index is 0.995. The Labute approximate surface area is 320 Å². The van der Waals surface area contributed by atoms with Crippen LogP contribution in [0.1, 0.15) is 11.8 Å². The Bertz CT molecular complexity index is 2730. The third kappa shape index (κ3) is 6.30. The highest BCUT2D eigenvalue weighted by Crippen LogP contribution is 2.42. The predicted molar refractivity (Wildman–Crippen MR) is 226 cm³/mol. The van der Waals surface area contributed by atoms with Gasteiger partial charge in [-0.2, -0.15) is 0 Å². The second kappa shape index (κ2) is 13.9. The Kier molecular flexibility index (Phi) is 8.19. The summed E-state index contributed by atoms with van der Waals surface area (Å²) in [6.07, 6.45) is -0.186. The Hall–Kier alpha value is -7.30. The number of hydrogen-bond acceptors (Lipinski definition) is 4. The van der Waals surface area contributed by atoms with E-state index < -0.39 is 0 Å². The molecule has 260 valence electrons. The van der Waals surface area contributed by atoms with Crippen molar-refractivity contribution in [1.29, 1.82) is 0 Å². The summed E-state index contributed by atoms with van der Waals surface area (Å²) in [7, 11) is 0. The molecule has 55 heavy (non-hydrogen) atoms. The summed E-state index contributed by atoms with van der Waals surface area (Å²) in [5.74, 6) is 1.58. The van der Waals surface area contributed by atoms with Gasteiger partial charge in [0.25, 0.3) is 0 Å². The fourth-order valence-electron chi connectivity index (χ4n) is 7.54. The van der Waals surface area contributed by atoms with Crippen molar-refractivity contribution >= 4 is 16.5 Å². The van der Waals surface area contributed by atoms with Crippen molar-refractivity contribution in [3.05, 3.63) is 206 Å². The summed E-state index contributed by atoms with van der Waals surface area (Å²) in [5.41, 5.74) is 13.9. The van der Waals surface area contributed by atoms with Crippen molar-refractivity contribution in [2.24, 2.45) is 0 Å². The summed E-state index contributed by atoms with van der Waals surface area (Å²) in [5, 5.41) is 5.92. The van der Waals surface area contributed by atoms with Crippen molar-refractivity contribution in [1.82, 2.24) is 9.97 Å². The second-order valence-corrected chi connectivity index (χ2v) is 13.8. The quantitative estimate of drug-likeness (QED) is 0.179. The van der Waals surface area contributed by atoms with Crippen LogP contribution in [0.15, 0.2) is 200 Å². The summed E-state index contributed by atoms with van der Waals surface area (Å²) in [4.78, 5) is 10.0. The molecule has 0 radical (unpaired) electrons. The lowest BCUT2D eigenvalue weighted by Gasteiger charge is -2.15. The van der Waals surface area contributed by atoms with Crippen LogP contribution in [0.3, 0.4) is 0 Å². The largest absolute Gasteiger partial charge is 0.464 e. The van der Waals surface area contributed by atoms with Gasteiger partial charge in [-0.3, -0.25) is 0 Å². The van der Waals surface area contributed by atoms with E-state index in [0.29, 0.717) is 5.82 Å². The SMILES string of the molecule is c1ccc(-c2cc(-c3ccc(-c4c(-c5ccc(-c6ccc7c(c6)OC(c6ccccc6)N7)cc5)ccc5ccccc45)cc3)nc(-c3ccccc3)n2)cc1. The van der Waals surface area contributed by atoms with E-state index >= 15 is 0 Å². The van der Waals surface area contributed by atoms with Crippen molar-refractivity contribution < 1.29 is 4.74 Å². The third-order valence-electron chi connectivity index (χ3n) is 10.4. The van der Waals surface area contributed by atoms with E-state index in [1.807, 2.05) is 54.6 Å². The third-order valence-corrected chi connectivity index (χ3v) is 10.4. The molecule has 9 aromatic rings. The number of anilines is 1. The molecule has 1 aliphatic rings. The van der Waals surface area contributed by atoms with Gasteiger partial charge in [-0.05, 0) is 62.4 Å². The average molecular weight is 706 g/mol. The first kappa shape index (κ1) is 32.4. The first-order valence-corrected chi connectivity index (χ1v) is 18.6. The fourth-order valence-corrected chi connectivity index (χ4v) is 7.54. The number of rotatable bonds is 7. The standard InChI is InChI=1S/C51H35N3O/c1-4-13-37(14-5-1)46-33-47(53-50(52-46)40-15-6-2-7-16-40)38-24-26-39(27-25-38)49-43-19-11-10-12-35(43)28-30-44(49)36-22-20-34(21-23-36)42-29-31-45-48(32-42)55-51(54-45)41-17-8-3-9-18-41/h1-33,51,54H. The van der Waals surface area contributed by atoms with Crippen LogP contribution in [0, 0.1) is 0 Å². The summed E-state index contributed by atoms with van der Waals surface area (Å²) in [6, 6.07) is 70.1. The van der Waals surface area contributed by atoms with Gasteiger partial charge in [0.05, 0.1) is 17.1 Å². The number of fused-ring (bicyclic) bond motifs is 2. The van der Waals surface area contributed by atoms with Gasteiger partial charge in [-0.1, -0.05) is 182 Å². The van der Waals surface area contributed by atoms with Crippen LogP contribution in [-0.4, -0.2) is 9.97 Å². The molecule has 0 saturated heterocycles. The highest BCUT2D eigenvalue weighted by atomic mass is 16.5. The van der Waals surface area contributed by atoms with Crippen LogP contribution in [-0.2, 0) is 0 Å². The lowest BCUT2D eigenvalue weighted by molar-refractivity contribution is 0.260. The van der Waals surface area contributed by atoms with Crippen molar-refractivity contribution in [3.63, 3.8) is 0 Å². The molecule has 4 heteroatoms. The van der Waals surface area contributed by atoms with Gasteiger partial charge in [0.15, 0.2) is 12.1 Å². The second-order valence-electron chi connectivity index (χ2n) is 13.8. The fraction of sp³-hybridized carbons (Fsp3) is 0.0196. The van der Waals surface area contributed by atoms with E-state index in [4.69, 9.17) is 14.7 Å². The zero-order valence-corrected chi connectivity index (χ0v) is 29.9. The van der Waals surface area contributed by atoms with Crippen molar-refractivity contribution in [2.75, 3.05) is 5.32 Å². The summed E-state index contributed by atoms with van der Waals surface area (Å²) in [6.45, 7) is 0. The molecule has 0 bridgehead atoms. The zero-order valence-electron chi connectivity index (χ0n) is 29.9. The van der Waals surface area contributed by atoms with Crippen LogP contribution in [0.25, 0.3) is 78.1 Å². The first-order valence-electron chi connectivity index (χ1n) is 18.6. The molecular formula is C51H35N3O. The van der Waals surface area contributed by atoms with Crippen molar-refractivity contribution in [2.45, 2.75) is 6.23 Å². The van der Waals surface area contributed by atoms with Crippen LogP contribution >= 0.6 is 0 Å². The number of nitrogens with one attached hydrogen (secondary N) is 1. The Morgan fingerprint density at radius 3 is 1.71 bits per heavy atom. The van der Waals surface area contributed by atoms with Gasteiger partial charge in [-0.15, -0.1) is 0 Å². The Morgan fingerprint density at radius 1 is 0.418 bits per heavy atom. The smallest absolute Gasteiger partial charge is 0.196 e. The summed E-state index contributed by atoms with van der Waals surface area (Å²) < 4.78 is 6.32. The van der Waals surface area contributed by atoms with E-state index in [9.17, 15) is 0 Å². The number of hydrogen-bond donors (Lipinski definition) is 1. The average Bonchev–Trinajstić information content (AvgIpc) is 3.71. The Morgan fingerprint density at radius 2 is 0.982 bits per heavy atom. The minimum Gasteiger partial charge on any atom is -0.464 e. The molecule has 10 rings (SSSR count). The molecule has 8 aromatic carbocycles. The maximum absolute atomic E-state index is 6.32. The van der Waals surface area contributed by atoms with Gasteiger partial charge < -0.3 is 10.1 Å². The van der Waals surface area contributed by atoms with Crippen LogP contribution in [0.5, 0.6) is 5.75 Å².